The standard InChI is InChI=1S/C22H21Cl2N3O2S/c1-15-7-10-20(26-30-14-16-5-3-2-4-6-16)22(29)27(15)13-21(28)25-12-17-11-18(23)8-9-19(17)24/h2-11,26H,12-14H2,1H3,(H,25,28). The number of nitrogens with one attached hydrogen (secondary N) is 2. The lowest BCUT2D eigenvalue weighted by molar-refractivity contribution is -0.121. The Balaban J connectivity index is 1.62. The van der Waals surface area contributed by atoms with E-state index in [0.29, 0.717) is 27.0 Å². The molecule has 0 atom stereocenters. The molecular formula is C22H21Cl2N3O2S. The van der Waals surface area contributed by atoms with Gasteiger partial charge in [0, 0.05) is 28.0 Å². The lowest BCUT2D eigenvalue weighted by Gasteiger charge is -2.13. The number of carbonyl (C=O) groups excluding carboxylic acids is 1. The van der Waals surface area contributed by atoms with Gasteiger partial charge < -0.3 is 14.6 Å². The topological polar surface area (TPSA) is 63.1 Å². The van der Waals surface area contributed by atoms with Gasteiger partial charge in [-0.05, 0) is 60.3 Å². The fourth-order valence-corrected chi connectivity index (χ4v) is 3.91. The van der Waals surface area contributed by atoms with Gasteiger partial charge in [-0.2, -0.15) is 0 Å². The first kappa shape index (κ1) is 22.3. The van der Waals surface area contributed by atoms with Crippen molar-refractivity contribution in [2.75, 3.05) is 4.72 Å². The van der Waals surface area contributed by atoms with Crippen LogP contribution in [0.1, 0.15) is 16.8 Å². The molecule has 156 valence electrons. The summed E-state index contributed by atoms with van der Waals surface area (Å²) in [5, 5.41) is 3.85. The van der Waals surface area contributed by atoms with Crippen LogP contribution in [0.4, 0.5) is 5.69 Å². The van der Waals surface area contributed by atoms with Crippen LogP contribution in [-0.2, 0) is 23.6 Å². The number of anilines is 1. The van der Waals surface area contributed by atoms with Crippen LogP contribution in [0.5, 0.6) is 0 Å². The number of rotatable bonds is 8. The van der Waals surface area contributed by atoms with Gasteiger partial charge >= 0.3 is 0 Å². The third-order valence-electron chi connectivity index (χ3n) is 4.44. The maximum atomic E-state index is 12.8. The summed E-state index contributed by atoms with van der Waals surface area (Å²) >= 11 is 13.5. The molecule has 1 heterocycles. The molecule has 0 aliphatic rings. The van der Waals surface area contributed by atoms with E-state index in [1.54, 1.807) is 31.2 Å². The molecule has 0 radical (unpaired) electrons. The second-order valence-electron chi connectivity index (χ2n) is 6.67. The molecule has 8 heteroatoms. The fourth-order valence-electron chi connectivity index (χ4n) is 2.79. The van der Waals surface area contributed by atoms with Crippen LogP contribution in [-0.4, -0.2) is 10.5 Å². The SMILES string of the molecule is Cc1ccc(NSCc2ccccc2)c(=O)n1CC(=O)NCc1cc(Cl)ccc1Cl. The number of aromatic nitrogens is 1. The Morgan fingerprint density at radius 2 is 1.83 bits per heavy atom. The van der Waals surface area contributed by atoms with Gasteiger partial charge in [-0.15, -0.1) is 0 Å². The molecule has 0 aliphatic heterocycles. The monoisotopic (exact) mass is 461 g/mol. The molecule has 0 saturated carbocycles. The van der Waals surface area contributed by atoms with Crippen molar-refractivity contribution in [3.8, 4) is 0 Å². The Morgan fingerprint density at radius 1 is 1.07 bits per heavy atom. The van der Waals surface area contributed by atoms with Gasteiger partial charge in [-0.1, -0.05) is 53.5 Å². The summed E-state index contributed by atoms with van der Waals surface area (Å²) < 4.78 is 4.54. The molecule has 2 aromatic carbocycles. The van der Waals surface area contributed by atoms with Crippen molar-refractivity contribution in [1.29, 1.82) is 0 Å². The van der Waals surface area contributed by atoms with Crippen LogP contribution in [0.15, 0.2) is 65.5 Å². The van der Waals surface area contributed by atoms with Crippen LogP contribution in [0.3, 0.4) is 0 Å². The Bertz CT molecular complexity index is 1090. The maximum absolute atomic E-state index is 12.8. The van der Waals surface area contributed by atoms with Crippen LogP contribution in [0, 0.1) is 6.92 Å². The number of nitrogens with zero attached hydrogens (tertiary/aromatic N) is 1. The first-order valence-electron chi connectivity index (χ1n) is 9.27. The van der Waals surface area contributed by atoms with Gasteiger partial charge in [0.15, 0.2) is 0 Å². The van der Waals surface area contributed by atoms with E-state index in [1.807, 2.05) is 36.4 Å². The normalized spacial score (nSPS) is 10.6. The molecule has 3 aromatic rings. The van der Waals surface area contributed by atoms with E-state index in [0.717, 1.165) is 11.3 Å². The average molecular weight is 462 g/mol. The highest BCUT2D eigenvalue weighted by molar-refractivity contribution is 7.99. The molecule has 30 heavy (non-hydrogen) atoms. The van der Waals surface area contributed by atoms with Gasteiger partial charge in [-0.3, -0.25) is 9.59 Å². The van der Waals surface area contributed by atoms with Crippen molar-refractivity contribution < 1.29 is 4.79 Å². The van der Waals surface area contributed by atoms with E-state index < -0.39 is 0 Å². The average Bonchev–Trinajstić information content (AvgIpc) is 2.74. The first-order chi connectivity index (χ1) is 14.4. The van der Waals surface area contributed by atoms with Gasteiger partial charge in [0.05, 0.1) is 0 Å². The number of aryl methyl sites for hydroxylation is 1. The minimum atomic E-state index is -0.287. The number of halogens is 2. The molecule has 5 nitrogen and oxygen atoms in total. The van der Waals surface area contributed by atoms with Crippen molar-refractivity contribution in [2.45, 2.75) is 25.8 Å². The first-order valence-corrected chi connectivity index (χ1v) is 11.0. The van der Waals surface area contributed by atoms with Crippen LogP contribution >= 0.6 is 35.1 Å². The Hall–Kier alpha value is -2.41. The Kier molecular flexibility index (Phi) is 7.85. The van der Waals surface area contributed by atoms with Crippen molar-refractivity contribution in [3.63, 3.8) is 0 Å². The molecule has 3 rings (SSSR count). The Labute approximate surface area is 189 Å². The smallest absolute Gasteiger partial charge is 0.275 e. The summed E-state index contributed by atoms with van der Waals surface area (Å²) in [5.74, 6) is 0.431. The molecule has 2 N–H and O–H groups in total. The van der Waals surface area contributed by atoms with Gasteiger partial charge in [0.1, 0.15) is 12.2 Å². The van der Waals surface area contributed by atoms with Gasteiger partial charge in [0.25, 0.3) is 5.56 Å². The summed E-state index contributed by atoms with van der Waals surface area (Å²) in [6.45, 7) is 1.95. The summed E-state index contributed by atoms with van der Waals surface area (Å²) in [6.07, 6.45) is 0. The van der Waals surface area contributed by atoms with Crippen molar-refractivity contribution in [3.05, 3.63) is 97.9 Å². The number of benzene rings is 2. The predicted molar refractivity (Wildman–Crippen MR) is 125 cm³/mol. The second-order valence-corrected chi connectivity index (χ2v) is 8.29. The summed E-state index contributed by atoms with van der Waals surface area (Å²) in [5.41, 5.74) is 2.77. The third kappa shape index (κ3) is 6.05. The zero-order chi connectivity index (χ0) is 21.5. The van der Waals surface area contributed by atoms with Crippen molar-refractivity contribution in [1.82, 2.24) is 9.88 Å². The maximum Gasteiger partial charge on any atom is 0.275 e. The molecule has 1 aromatic heterocycles. The van der Waals surface area contributed by atoms with E-state index in [4.69, 9.17) is 23.2 Å². The second kappa shape index (κ2) is 10.6. The third-order valence-corrected chi connectivity index (χ3v) is 5.89. The lowest BCUT2D eigenvalue weighted by atomic mass is 10.2. The molecule has 0 spiro atoms. The van der Waals surface area contributed by atoms with Crippen LogP contribution in [0.25, 0.3) is 0 Å². The van der Waals surface area contributed by atoms with Crippen molar-refractivity contribution in [2.24, 2.45) is 0 Å². The number of amides is 1. The van der Waals surface area contributed by atoms with Crippen molar-refractivity contribution >= 4 is 46.7 Å². The minimum absolute atomic E-state index is 0.0816. The highest BCUT2D eigenvalue weighted by Gasteiger charge is 2.11. The van der Waals surface area contributed by atoms with E-state index >= 15 is 0 Å². The molecular weight excluding hydrogens is 441 g/mol. The van der Waals surface area contributed by atoms with Gasteiger partial charge in [-0.25, -0.2) is 0 Å². The summed E-state index contributed by atoms with van der Waals surface area (Å²) in [6, 6.07) is 18.6. The molecule has 0 aliphatic carbocycles. The highest BCUT2D eigenvalue weighted by atomic mass is 35.5. The number of carbonyl (C=O) groups is 1. The summed E-state index contributed by atoms with van der Waals surface area (Å²) in [7, 11) is 0. The largest absolute Gasteiger partial charge is 0.350 e. The molecule has 1 amide bonds. The molecule has 0 unspecified atom stereocenters. The number of hydrogen-bond donors (Lipinski definition) is 2. The number of hydrogen-bond acceptors (Lipinski definition) is 4. The molecule has 0 bridgehead atoms. The van der Waals surface area contributed by atoms with E-state index in [9.17, 15) is 9.59 Å². The predicted octanol–water partition coefficient (Wildman–Crippen LogP) is 5.04. The molecule has 0 fully saturated rings. The number of pyridine rings is 1. The van der Waals surface area contributed by atoms with Gasteiger partial charge in [0.2, 0.25) is 5.91 Å². The quantitative estimate of drug-likeness (QED) is 0.461. The lowest BCUT2D eigenvalue weighted by Crippen LogP contribution is -2.33. The van der Waals surface area contributed by atoms with Crippen LogP contribution in [0.2, 0.25) is 10.0 Å². The van der Waals surface area contributed by atoms with E-state index in [1.165, 1.54) is 16.5 Å². The highest BCUT2D eigenvalue weighted by Crippen LogP contribution is 2.20. The summed E-state index contributed by atoms with van der Waals surface area (Å²) in [4.78, 5) is 25.2. The zero-order valence-electron chi connectivity index (χ0n) is 16.3. The Morgan fingerprint density at radius 3 is 2.60 bits per heavy atom. The van der Waals surface area contributed by atoms with Crippen LogP contribution < -0.4 is 15.6 Å². The van der Waals surface area contributed by atoms with E-state index in [2.05, 4.69) is 10.0 Å². The fraction of sp³-hybridized carbons (Fsp3) is 0.182. The molecule has 0 saturated heterocycles. The van der Waals surface area contributed by atoms with E-state index in [-0.39, 0.29) is 24.6 Å². The minimum Gasteiger partial charge on any atom is -0.350 e. The zero-order valence-corrected chi connectivity index (χ0v) is 18.7.